The van der Waals surface area contributed by atoms with Crippen molar-refractivity contribution in [2.45, 2.75) is 64.8 Å². The molecule has 1 unspecified atom stereocenters. The molecule has 5 nitrogen and oxygen atoms in total. The van der Waals surface area contributed by atoms with Gasteiger partial charge < -0.3 is 9.47 Å². The third-order valence-corrected chi connectivity index (χ3v) is 3.04. The Kier molecular flexibility index (Phi) is 4.97. The first-order chi connectivity index (χ1) is 9.08. The van der Waals surface area contributed by atoms with Gasteiger partial charge in [0.2, 0.25) is 0 Å². The zero-order valence-electron chi connectivity index (χ0n) is 13.1. The van der Waals surface area contributed by atoms with E-state index in [0.29, 0.717) is 12.8 Å². The first kappa shape index (κ1) is 16.7. The lowest BCUT2D eigenvalue weighted by Crippen LogP contribution is -2.52. The molecule has 0 aromatic carbocycles. The molecule has 0 aromatic rings. The predicted octanol–water partition coefficient (Wildman–Crippen LogP) is 2.89. The van der Waals surface area contributed by atoms with E-state index in [2.05, 4.69) is 6.58 Å². The molecule has 5 heteroatoms. The van der Waals surface area contributed by atoms with E-state index in [0.717, 1.165) is 0 Å². The van der Waals surface area contributed by atoms with Crippen LogP contribution in [0.1, 0.15) is 47.5 Å². The minimum Gasteiger partial charge on any atom is -0.444 e. The molecule has 1 saturated heterocycles. The van der Waals surface area contributed by atoms with Crippen molar-refractivity contribution in [3.05, 3.63) is 12.7 Å². The predicted molar refractivity (Wildman–Crippen MR) is 76.3 cm³/mol. The Hall–Kier alpha value is -1.36. The van der Waals surface area contributed by atoms with Crippen LogP contribution < -0.4 is 0 Å². The molecule has 0 aromatic heterocycles. The number of allylic oxidation sites excluding steroid dienone is 1. The Bertz CT molecular complexity index is 395. The summed E-state index contributed by atoms with van der Waals surface area (Å²) in [7, 11) is 0. The molecule has 0 aliphatic carbocycles. The zero-order chi connectivity index (χ0) is 15.6. The highest BCUT2D eigenvalue weighted by Gasteiger charge is 2.48. The van der Waals surface area contributed by atoms with Gasteiger partial charge in [-0.15, -0.1) is 6.58 Å². The first-order valence-corrected chi connectivity index (χ1v) is 6.88. The summed E-state index contributed by atoms with van der Waals surface area (Å²) in [5.41, 5.74) is -1.44. The van der Waals surface area contributed by atoms with Gasteiger partial charge in [-0.3, -0.25) is 9.69 Å². The molecular weight excluding hydrogens is 258 g/mol. The van der Waals surface area contributed by atoms with Crippen LogP contribution in [0.5, 0.6) is 0 Å². The average molecular weight is 283 g/mol. The van der Waals surface area contributed by atoms with Crippen LogP contribution in [0.4, 0.5) is 4.79 Å². The Labute approximate surface area is 120 Å². The summed E-state index contributed by atoms with van der Waals surface area (Å²) in [6, 6.07) is -0.584. The van der Waals surface area contributed by atoms with Gasteiger partial charge in [-0.25, -0.2) is 4.79 Å². The summed E-state index contributed by atoms with van der Waals surface area (Å²) in [6.07, 6.45) is 2.12. The fourth-order valence-corrected chi connectivity index (χ4v) is 2.11. The van der Waals surface area contributed by atoms with Crippen molar-refractivity contribution in [3.63, 3.8) is 0 Å². The maximum atomic E-state index is 12.3. The van der Waals surface area contributed by atoms with Crippen molar-refractivity contribution >= 4 is 11.9 Å². The standard InChI is InChI=1S/C15H25NO4/c1-7-8-9-12(17)11-10-19-15(5,6)16(11)13(18)20-14(2,3)4/h7,11H,1,8-10H2,2-6H3. The molecule has 0 N–H and O–H groups in total. The third-order valence-electron chi connectivity index (χ3n) is 3.04. The molecule has 0 saturated carbocycles. The minimum atomic E-state index is -0.836. The van der Waals surface area contributed by atoms with Crippen LogP contribution in [0, 0.1) is 0 Å². The van der Waals surface area contributed by atoms with Crippen LogP contribution in [0.3, 0.4) is 0 Å². The van der Waals surface area contributed by atoms with Gasteiger partial charge in [0.1, 0.15) is 17.4 Å². The number of hydrogen-bond acceptors (Lipinski definition) is 4. The van der Waals surface area contributed by atoms with Crippen LogP contribution in [0.25, 0.3) is 0 Å². The summed E-state index contributed by atoms with van der Waals surface area (Å²) < 4.78 is 11.0. The monoisotopic (exact) mass is 283 g/mol. The minimum absolute atomic E-state index is 0.0265. The summed E-state index contributed by atoms with van der Waals surface area (Å²) in [5, 5.41) is 0. The lowest BCUT2D eigenvalue weighted by Gasteiger charge is -2.34. The average Bonchev–Trinajstić information content (AvgIpc) is 2.59. The van der Waals surface area contributed by atoms with Gasteiger partial charge in [-0.05, 0) is 41.0 Å². The summed E-state index contributed by atoms with van der Waals surface area (Å²) >= 11 is 0. The van der Waals surface area contributed by atoms with Gasteiger partial charge in [0.15, 0.2) is 5.78 Å². The maximum Gasteiger partial charge on any atom is 0.413 e. The molecule has 1 aliphatic heterocycles. The second kappa shape index (κ2) is 5.95. The number of carbonyl (C=O) groups excluding carboxylic acids is 2. The number of nitrogens with zero attached hydrogens (tertiary/aromatic N) is 1. The van der Waals surface area contributed by atoms with Gasteiger partial charge in [-0.1, -0.05) is 6.08 Å². The maximum absolute atomic E-state index is 12.3. The van der Waals surface area contributed by atoms with E-state index >= 15 is 0 Å². The van der Waals surface area contributed by atoms with Crippen molar-refractivity contribution in [1.29, 1.82) is 0 Å². The smallest absolute Gasteiger partial charge is 0.413 e. The number of carbonyl (C=O) groups is 2. The van der Waals surface area contributed by atoms with E-state index in [1.54, 1.807) is 40.7 Å². The van der Waals surface area contributed by atoms with Gasteiger partial charge in [0.05, 0.1) is 6.61 Å². The first-order valence-electron chi connectivity index (χ1n) is 6.88. The van der Waals surface area contributed by atoms with Crippen LogP contribution in [-0.4, -0.2) is 40.8 Å². The van der Waals surface area contributed by atoms with Crippen molar-refractivity contribution in [3.8, 4) is 0 Å². The molecule has 1 heterocycles. The number of ether oxygens (including phenoxy) is 2. The highest BCUT2D eigenvalue weighted by Crippen LogP contribution is 2.30. The van der Waals surface area contributed by atoms with Crippen molar-refractivity contribution in [2.75, 3.05) is 6.61 Å². The number of ketones is 1. The van der Waals surface area contributed by atoms with E-state index in [4.69, 9.17) is 9.47 Å². The largest absolute Gasteiger partial charge is 0.444 e. The Morgan fingerprint density at radius 3 is 2.55 bits per heavy atom. The normalized spacial score (nSPS) is 21.6. The quantitative estimate of drug-likeness (QED) is 0.744. The highest BCUT2D eigenvalue weighted by molar-refractivity contribution is 5.88. The van der Waals surface area contributed by atoms with Gasteiger partial charge in [-0.2, -0.15) is 0 Å². The Morgan fingerprint density at radius 2 is 2.05 bits per heavy atom. The van der Waals surface area contributed by atoms with E-state index in [9.17, 15) is 9.59 Å². The van der Waals surface area contributed by atoms with Crippen LogP contribution >= 0.6 is 0 Å². The number of rotatable bonds is 4. The molecule has 1 atom stereocenters. The summed E-state index contributed by atoms with van der Waals surface area (Å²) in [6.45, 7) is 12.7. The number of Topliss-reactive ketones (excluding diaryl/α,β-unsaturated/α-hetero) is 1. The van der Waals surface area contributed by atoms with E-state index < -0.39 is 23.5 Å². The lowest BCUT2D eigenvalue weighted by atomic mass is 10.1. The second-order valence-corrected chi connectivity index (χ2v) is 6.42. The SMILES string of the molecule is C=CCCC(=O)C1COC(C)(C)N1C(=O)OC(C)(C)C. The van der Waals surface area contributed by atoms with Crippen molar-refractivity contribution in [1.82, 2.24) is 4.90 Å². The second-order valence-electron chi connectivity index (χ2n) is 6.42. The van der Waals surface area contributed by atoms with Crippen molar-refractivity contribution < 1.29 is 19.1 Å². The Morgan fingerprint density at radius 1 is 1.45 bits per heavy atom. The molecule has 1 aliphatic rings. The molecular formula is C15H25NO4. The zero-order valence-corrected chi connectivity index (χ0v) is 13.1. The molecule has 1 fully saturated rings. The highest BCUT2D eigenvalue weighted by atomic mass is 16.6. The van der Waals surface area contributed by atoms with Crippen LogP contribution in [0.15, 0.2) is 12.7 Å². The van der Waals surface area contributed by atoms with Gasteiger partial charge in [0.25, 0.3) is 0 Å². The fourth-order valence-electron chi connectivity index (χ4n) is 2.11. The Balaban J connectivity index is 2.88. The van der Waals surface area contributed by atoms with E-state index in [1.807, 2.05) is 0 Å². The van der Waals surface area contributed by atoms with E-state index in [-0.39, 0.29) is 12.4 Å². The molecule has 0 bridgehead atoms. The molecule has 0 spiro atoms. The summed E-state index contributed by atoms with van der Waals surface area (Å²) in [5.74, 6) is -0.0265. The topological polar surface area (TPSA) is 55.8 Å². The molecule has 0 radical (unpaired) electrons. The van der Waals surface area contributed by atoms with Crippen LogP contribution in [-0.2, 0) is 14.3 Å². The van der Waals surface area contributed by atoms with Crippen molar-refractivity contribution in [2.24, 2.45) is 0 Å². The van der Waals surface area contributed by atoms with Gasteiger partial charge >= 0.3 is 6.09 Å². The number of hydrogen-bond donors (Lipinski definition) is 0. The number of amides is 1. The van der Waals surface area contributed by atoms with Gasteiger partial charge in [0, 0.05) is 6.42 Å². The summed E-state index contributed by atoms with van der Waals surface area (Å²) in [4.78, 5) is 25.9. The van der Waals surface area contributed by atoms with Crippen LogP contribution in [0.2, 0.25) is 0 Å². The van der Waals surface area contributed by atoms with E-state index in [1.165, 1.54) is 4.90 Å². The lowest BCUT2D eigenvalue weighted by molar-refractivity contribution is -0.124. The molecule has 1 rings (SSSR count). The molecule has 114 valence electrons. The molecule has 1 amide bonds. The third kappa shape index (κ3) is 4.07. The fraction of sp³-hybridized carbons (Fsp3) is 0.733. The molecule has 20 heavy (non-hydrogen) atoms.